The van der Waals surface area contributed by atoms with Gasteiger partial charge < -0.3 is 19.9 Å². The van der Waals surface area contributed by atoms with Gasteiger partial charge in [-0.05, 0) is 79.3 Å². The number of thiocarbonyl (C=S) groups is 1. The number of hydrogen-bond donors (Lipinski definition) is 2. The van der Waals surface area contributed by atoms with Crippen LogP contribution in [0.5, 0.6) is 5.75 Å². The number of benzene rings is 3. The lowest BCUT2D eigenvalue weighted by molar-refractivity contribution is 0.0746. The maximum Gasteiger partial charge on any atom is 0.261 e. The van der Waals surface area contributed by atoms with Gasteiger partial charge in [0.1, 0.15) is 5.75 Å². The van der Waals surface area contributed by atoms with Gasteiger partial charge in [-0.15, -0.1) is 0 Å². The minimum absolute atomic E-state index is 0.0182. The number of methoxy groups -OCH3 is 1. The predicted octanol–water partition coefficient (Wildman–Crippen LogP) is 4.75. The largest absolute Gasteiger partial charge is 0.496 e. The summed E-state index contributed by atoms with van der Waals surface area (Å²) in [5, 5.41) is 6.56. The molecule has 2 N–H and O–H groups in total. The quantitative estimate of drug-likeness (QED) is 0.471. The fraction of sp³-hybridized carbons (Fsp3) is 0.222. The van der Waals surface area contributed by atoms with Crippen LogP contribution in [0.2, 0.25) is 5.02 Å². The highest BCUT2D eigenvalue weighted by atomic mass is 35.5. The number of rotatable bonds is 5. The molecule has 1 heterocycles. The number of carbonyl (C=O) groups excluding carboxylic acids is 2. The lowest BCUT2D eigenvalue weighted by Gasteiger charge is -2.36. The van der Waals surface area contributed by atoms with Crippen LogP contribution in [-0.4, -0.2) is 55.1 Å². The highest BCUT2D eigenvalue weighted by Crippen LogP contribution is 2.23. The molecule has 9 heteroatoms. The molecule has 1 aliphatic heterocycles. The van der Waals surface area contributed by atoms with Crippen molar-refractivity contribution in [3.8, 4) is 5.75 Å². The first-order valence-electron chi connectivity index (χ1n) is 11.5. The molecule has 1 aliphatic rings. The van der Waals surface area contributed by atoms with E-state index in [-0.39, 0.29) is 16.9 Å². The van der Waals surface area contributed by atoms with Gasteiger partial charge in [-0.3, -0.25) is 14.9 Å². The SMILES string of the molecule is COc1c(C)cccc1C(=O)NC(=S)Nc1ccc(N2CCN(C(=O)c3ccc(Cl)cc3)CC2)cc1. The summed E-state index contributed by atoms with van der Waals surface area (Å²) in [7, 11) is 1.54. The molecule has 0 radical (unpaired) electrons. The average Bonchev–Trinajstić information content (AvgIpc) is 2.89. The van der Waals surface area contributed by atoms with Crippen molar-refractivity contribution in [1.29, 1.82) is 0 Å². The minimum Gasteiger partial charge on any atom is -0.496 e. The van der Waals surface area contributed by atoms with Crippen LogP contribution in [0.4, 0.5) is 11.4 Å². The van der Waals surface area contributed by atoms with Gasteiger partial charge in [-0.2, -0.15) is 0 Å². The van der Waals surface area contributed by atoms with Gasteiger partial charge in [0.15, 0.2) is 5.11 Å². The second kappa shape index (κ2) is 11.4. The lowest BCUT2D eigenvalue weighted by atomic mass is 10.1. The molecule has 0 unspecified atom stereocenters. The monoisotopic (exact) mass is 522 g/mol. The van der Waals surface area contributed by atoms with Crippen molar-refractivity contribution in [1.82, 2.24) is 10.2 Å². The van der Waals surface area contributed by atoms with E-state index in [2.05, 4.69) is 15.5 Å². The average molecular weight is 523 g/mol. The molecule has 0 bridgehead atoms. The zero-order valence-electron chi connectivity index (χ0n) is 20.1. The van der Waals surface area contributed by atoms with Crippen LogP contribution >= 0.6 is 23.8 Å². The molecule has 186 valence electrons. The van der Waals surface area contributed by atoms with Crippen molar-refractivity contribution in [2.75, 3.05) is 43.5 Å². The normalized spacial score (nSPS) is 13.2. The Balaban J connectivity index is 1.30. The standard InChI is InChI=1S/C27H27ClN4O3S/c1-18-4-3-5-23(24(18)35-2)25(33)30-27(36)29-21-10-12-22(13-11-21)31-14-16-32(17-15-31)26(34)19-6-8-20(28)9-7-19/h3-13H,14-17H2,1-2H3,(H2,29,30,33,36). The van der Waals surface area contributed by atoms with Crippen molar-refractivity contribution < 1.29 is 14.3 Å². The Hall–Kier alpha value is -3.62. The van der Waals surface area contributed by atoms with Gasteiger partial charge in [0.2, 0.25) is 0 Å². The van der Waals surface area contributed by atoms with E-state index in [4.69, 9.17) is 28.6 Å². The molecule has 3 aromatic carbocycles. The minimum atomic E-state index is -0.337. The molecule has 3 aromatic rings. The molecule has 7 nitrogen and oxygen atoms in total. The fourth-order valence-corrected chi connectivity index (χ4v) is 4.47. The maximum atomic E-state index is 12.7. The number of hydrogen-bond acceptors (Lipinski definition) is 5. The second-order valence-corrected chi connectivity index (χ2v) is 9.24. The van der Waals surface area contributed by atoms with Crippen molar-refractivity contribution in [3.05, 3.63) is 88.4 Å². The number of anilines is 2. The van der Waals surface area contributed by atoms with Crippen LogP contribution < -0.4 is 20.3 Å². The maximum absolute atomic E-state index is 12.7. The van der Waals surface area contributed by atoms with Crippen LogP contribution in [-0.2, 0) is 0 Å². The highest BCUT2D eigenvalue weighted by Gasteiger charge is 2.22. The fourth-order valence-electron chi connectivity index (χ4n) is 4.13. The summed E-state index contributed by atoms with van der Waals surface area (Å²) in [6, 6.07) is 20.2. The van der Waals surface area contributed by atoms with Gasteiger partial charge in [0.05, 0.1) is 12.7 Å². The van der Waals surface area contributed by atoms with E-state index in [9.17, 15) is 9.59 Å². The molecule has 1 fully saturated rings. The zero-order chi connectivity index (χ0) is 25.7. The first kappa shape index (κ1) is 25.5. The third-order valence-corrected chi connectivity index (χ3v) is 6.49. The summed E-state index contributed by atoms with van der Waals surface area (Å²) < 4.78 is 5.36. The molecule has 2 amide bonds. The Morgan fingerprint density at radius 1 is 0.944 bits per heavy atom. The molecule has 1 saturated heterocycles. The Labute approximate surface area is 221 Å². The molecule has 0 spiro atoms. The third kappa shape index (κ3) is 5.95. The molecule has 0 aliphatic carbocycles. The van der Waals surface area contributed by atoms with E-state index in [1.165, 1.54) is 7.11 Å². The predicted molar refractivity (Wildman–Crippen MR) is 147 cm³/mol. The van der Waals surface area contributed by atoms with Crippen molar-refractivity contribution >= 4 is 52.1 Å². The number of nitrogens with zero attached hydrogens (tertiary/aromatic N) is 2. The van der Waals surface area contributed by atoms with Crippen molar-refractivity contribution in [2.24, 2.45) is 0 Å². The Kier molecular flexibility index (Phi) is 8.07. The van der Waals surface area contributed by atoms with Crippen LogP contribution in [0, 0.1) is 6.92 Å². The first-order chi connectivity index (χ1) is 17.4. The third-order valence-electron chi connectivity index (χ3n) is 6.04. The van der Waals surface area contributed by atoms with E-state index in [0.29, 0.717) is 35.0 Å². The number of amides is 2. The van der Waals surface area contributed by atoms with E-state index in [1.807, 2.05) is 42.2 Å². The molecule has 4 rings (SSSR count). The van der Waals surface area contributed by atoms with Crippen molar-refractivity contribution in [3.63, 3.8) is 0 Å². The first-order valence-corrected chi connectivity index (χ1v) is 12.3. The number of aryl methyl sites for hydroxylation is 1. The van der Waals surface area contributed by atoms with Gasteiger partial charge in [-0.25, -0.2) is 0 Å². The summed E-state index contributed by atoms with van der Waals surface area (Å²) in [4.78, 5) is 29.5. The number of piperazine rings is 1. The van der Waals surface area contributed by atoms with Gasteiger partial charge >= 0.3 is 0 Å². The number of para-hydroxylation sites is 1. The molecule has 0 atom stereocenters. The summed E-state index contributed by atoms with van der Waals surface area (Å²) in [6.07, 6.45) is 0. The van der Waals surface area contributed by atoms with E-state index in [1.54, 1.807) is 36.4 Å². The molecule has 36 heavy (non-hydrogen) atoms. The molecule has 0 aromatic heterocycles. The van der Waals surface area contributed by atoms with Gasteiger partial charge in [-0.1, -0.05) is 23.7 Å². The number of halogens is 1. The van der Waals surface area contributed by atoms with Gasteiger partial charge in [0, 0.05) is 48.1 Å². The Bertz CT molecular complexity index is 1260. The summed E-state index contributed by atoms with van der Waals surface area (Å²) >= 11 is 11.3. The molecular weight excluding hydrogens is 496 g/mol. The summed E-state index contributed by atoms with van der Waals surface area (Å²) in [5.41, 5.74) is 3.75. The molecule has 0 saturated carbocycles. The van der Waals surface area contributed by atoms with Crippen molar-refractivity contribution in [2.45, 2.75) is 6.92 Å². The number of nitrogens with one attached hydrogen (secondary N) is 2. The Morgan fingerprint density at radius 2 is 1.61 bits per heavy atom. The summed E-state index contributed by atoms with van der Waals surface area (Å²) in [6.45, 7) is 4.63. The molecular formula is C27H27ClN4O3S. The van der Waals surface area contributed by atoms with Crippen LogP contribution in [0.25, 0.3) is 0 Å². The van der Waals surface area contributed by atoms with E-state index < -0.39 is 0 Å². The number of ether oxygens (including phenoxy) is 1. The summed E-state index contributed by atoms with van der Waals surface area (Å²) in [5.74, 6) is 0.206. The highest BCUT2D eigenvalue weighted by molar-refractivity contribution is 7.80. The number of carbonyl (C=O) groups is 2. The van der Waals surface area contributed by atoms with E-state index in [0.717, 1.165) is 30.0 Å². The zero-order valence-corrected chi connectivity index (χ0v) is 21.7. The van der Waals surface area contributed by atoms with Crippen LogP contribution in [0.1, 0.15) is 26.3 Å². The lowest BCUT2D eigenvalue weighted by Crippen LogP contribution is -2.48. The smallest absolute Gasteiger partial charge is 0.261 e. The topological polar surface area (TPSA) is 73.9 Å². The second-order valence-electron chi connectivity index (χ2n) is 8.40. The van der Waals surface area contributed by atoms with Crippen LogP contribution in [0.15, 0.2) is 66.7 Å². The van der Waals surface area contributed by atoms with E-state index >= 15 is 0 Å². The van der Waals surface area contributed by atoms with Crippen LogP contribution in [0.3, 0.4) is 0 Å². The Morgan fingerprint density at radius 3 is 2.25 bits per heavy atom. The van der Waals surface area contributed by atoms with Gasteiger partial charge in [0.25, 0.3) is 11.8 Å².